The van der Waals surface area contributed by atoms with E-state index < -0.39 is 5.91 Å². The molecule has 2 N–H and O–H groups in total. The fourth-order valence-corrected chi connectivity index (χ4v) is 2.39. The highest BCUT2D eigenvalue weighted by Gasteiger charge is 2.15. The minimum atomic E-state index is -0.519. The predicted octanol–water partition coefficient (Wildman–Crippen LogP) is 2.41. The Bertz CT molecular complexity index is 428. The van der Waals surface area contributed by atoms with Crippen molar-refractivity contribution < 1.29 is 4.79 Å². The molecular formula is C12H18ClN3OS. The Balaban J connectivity index is 2.86. The molecule has 0 unspecified atom stereocenters. The number of halogens is 1. The quantitative estimate of drug-likeness (QED) is 0.873. The third kappa shape index (κ3) is 3.78. The Morgan fingerprint density at radius 2 is 2.33 bits per heavy atom. The summed E-state index contributed by atoms with van der Waals surface area (Å²) in [6, 6.07) is 1.89. The van der Waals surface area contributed by atoms with Crippen LogP contribution in [0, 0.1) is 0 Å². The first-order chi connectivity index (χ1) is 8.47. The molecule has 0 aliphatic rings. The van der Waals surface area contributed by atoms with Crippen LogP contribution < -0.4 is 10.6 Å². The summed E-state index contributed by atoms with van der Waals surface area (Å²) in [5.41, 5.74) is 5.51. The van der Waals surface area contributed by atoms with Gasteiger partial charge < -0.3 is 10.6 Å². The zero-order chi connectivity index (χ0) is 13.7. The summed E-state index contributed by atoms with van der Waals surface area (Å²) in [5, 5.41) is 0.449. The molecule has 100 valence electrons. The van der Waals surface area contributed by atoms with Gasteiger partial charge >= 0.3 is 0 Å². The van der Waals surface area contributed by atoms with Gasteiger partial charge in [0.1, 0.15) is 5.82 Å². The SMILES string of the molecule is CSCC[C@H](C)N(C)c1ncc(C(N)=O)cc1Cl. The van der Waals surface area contributed by atoms with Crippen molar-refractivity contribution in [3.8, 4) is 0 Å². The molecule has 1 rings (SSSR count). The number of hydrogen-bond acceptors (Lipinski definition) is 4. The molecule has 0 fully saturated rings. The van der Waals surface area contributed by atoms with Gasteiger partial charge in [0.25, 0.3) is 0 Å². The second-order valence-corrected chi connectivity index (χ2v) is 5.53. The first-order valence-corrected chi connectivity index (χ1v) is 7.41. The van der Waals surface area contributed by atoms with Gasteiger partial charge in [-0.05, 0) is 31.4 Å². The highest BCUT2D eigenvalue weighted by Crippen LogP contribution is 2.25. The molecule has 1 amide bonds. The second kappa shape index (κ2) is 6.85. The number of hydrogen-bond donors (Lipinski definition) is 1. The van der Waals surface area contributed by atoms with Crippen molar-refractivity contribution in [1.29, 1.82) is 0 Å². The van der Waals surface area contributed by atoms with Gasteiger partial charge in [0.15, 0.2) is 0 Å². The van der Waals surface area contributed by atoms with Crippen molar-refractivity contribution in [1.82, 2.24) is 4.98 Å². The number of carbonyl (C=O) groups is 1. The van der Waals surface area contributed by atoms with E-state index in [1.54, 1.807) is 6.07 Å². The number of carbonyl (C=O) groups excluding carboxylic acids is 1. The maximum absolute atomic E-state index is 11.0. The van der Waals surface area contributed by atoms with Crippen molar-refractivity contribution in [2.75, 3.05) is 24.0 Å². The zero-order valence-corrected chi connectivity index (χ0v) is 12.4. The molecule has 0 saturated heterocycles. The average Bonchev–Trinajstić information content (AvgIpc) is 2.34. The lowest BCUT2D eigenvalue weighted by atomic mass is 10.2. The number of aromatic nitrogens is 1. The van der Waals surface area contributed by atoms with Crippen LogP contribution in [0.25, 0.3) is 0 Å². The van der Waals surface area contributed by atoms with Gasteiger partial charge in [0, 0.05) is 19.3 Å². The highest BCUT2D eigenvalue weighted by molar-refractivity contribution is 7.98. The molecule has 18 heavy (non-hydrogen) atoms. The van der Waals surface area contributed by atoms with Gasteiger partial charge in [-0.1, -0.05) is 11.6 Å². The van der Waals surface area contributed by atoms with E-state index in [1.165, 1.54) is 6.20 Å². The maximum Gasteiger partial charge on any atom is 0.250 e. The summed E-state index contributed by atoms with van der Waals surface area (Å²) < 4.78 is 0. The molecule has 1 heterocycles. The summed E-state index contributed by atoms with van der Waals surface area (Å²) in [6.07, 6.45) is 4.59. The van der Waals surface area contributed by atoms with E-state index in [1.807, 2.05) is 23.7 Å². The Labute approximate surface area is 117 Å². The van der Waals surface area contributed by atoms with Crippen molar-refractivity contribution in [2.45, 2.75) is 19.4 Å². The van der Waals surface area contributed by atoms with Gasteiger partial charge in [-0.2, -0.15) is 11.8 Å². The molecule has 0 aliphatic heterocycles. The number of thioether (sulfide) groups is 1. The van der Waals surface area contributed by atoms with Crippen LogP contribution in [0.5, 0.6) is 0 Å². The third-order valence-corrected chi connectivity index (χ3v) is 3.76. The molecule has 0 bridgehead atoms. The summed E-state index contributed by atoms with van der Waals surface area (Å²) in [5.74, 6) is 1.24. The molecular weight excluding hydrogens is 270 g/mol. The molecule has 1 aromatic heterocycles. The molecule has 0 spiro atoms. The lowest BCUT2D eigenvalue weighted by Gasteiger charge is -2.26. The number of anilines is 1. The summed E-state index contributed by atoms with van der Waals surface area (Å²) in [4.78, 5) is 17.2. The first-order valence-electron chi connectivity index (χ1n) is 5.64. The maximum atomic E-state index is 11.0. The molecule has 1 atom stereocenters. The zero-order valence-electron chi connectivity index (χ0n) is 10.8. The number of nitrogens with zero attached hydrogens (tertiary/aromatic N) is 2. The lowest BCUT2D eigenvalue weighted by Crippen LogP contribution is -2.30. The molecule has 4 nitrogen and oxygen atoms in total. The van der Waals surface area contributed by atoms with Crippen LogP contribution in [0.4, 0.5) is 5.82 Å². The van der Waals surface area contributed by atoms with Crippen LogP contribution in [0.15, 0.2) is 12.3 Å². The number of nitrogens with two attached hydrogens (primary N) is 1. The molecule has 6 heteroatoms. The van der Waals surface area contributed by atoms with Gasteiger partial charge in [0.2, 0.25) is 5.91 Å². The molecule has 0 saturated carbocycles. The highest BCUT2D eigenvalue weighted by atomic mass is 35.5. The monoisotopic (exact) mass is 287 g/mol. The molecule has 0 aromatic carbocycles. The summed E-state index contributed by atoms with van der Waals surface area (Å²) in [7, 11) is 1.95. The fraction of sp³-hybridized carbons (Fsp3) is 0.500. The topological polar surface area (TPSA) is 59.2 Å². The minimum absolute atomic E-state index is 0.328. The van der Waals surface area contributed by atoms with E-state index in [0.29, 0.717) is 22.4 Å². The van der Waals surface area contributed by atoms with Gasteiger partial charge in [0.05, 0.1) is 10.6 Å². The fourth-order valence-electron chi connectivity index (χ4n) is 1.52. The van der Waals surface area contributed by atoms with E-state index in [0.717, 1.165) is 12.2 Å². The summed E-state index contributed by atoms with van der Waals surface area (Å²) >= 11 is 7.94. The minimum Gasteiger partial charge on any atom is -0.366 e. The van der Waals surface area contributed by atoms with Crippen molar-refractivity contribution in [2.24, 2.45) is 5.73 Å². The van der Waals surface area contributed by atoms with E-state index in [2.05, 4.69) is 18.2 Å². The predicted molar refractivity (Wildman–Crippen MR) is 78.6 cm³/mol. The van der Waals surface area contributed by atoms with Crippen LogP contribution in [0.3, 0.4) is 0 Å². The molecule has 0 radical (unpaired) electrons. The van der Waals surface area contributed by atoms with E-state index in [-0.39, 0.29) is 0 Å². The Hall–Kier alpha value is -0.940. The van der Waals surface area contributed by atoms with E-state index in [4.69, 9.17) is 17.3 Å². The Kier molecular flexibility index (Phi) is 5.75. The van der Waals surface area contributed by atoms with E-state index in [9.17, 15) is 4.79 Å². The van der Waals surface area contributed by atoms with Crippen LogP contribution in [-0.2, 0) is 0 Å². The smallest absolute Gasteiger partial charge is 0.250 e. The van der Waals surface area contributed by atoms with Crippen LogP contribution >= 0.6 is 23.4 Å². The third-order valence-electron chi connectivity index (χ3n) is 2.84. The van der Waals surface area contributed by atoms with Crippen molar-refractivity contribution in [3.63, 3.8) is 0 Å². The molecule has 0 aliphatic carbocycles. The second-order valence-electron chi connectivity index (χ2n) is 4.14. The van der Waals surface area contributed by atoms with Gasteiger partial charge in [-0.25, -0.2) is 4.98 Å². The van der Waals surface area contributed by atoms with Crippen molar-refractivity contribution in [3.05, 3.63) is 22.8 Å². The van der Waals surface area contributed by atoms with Crippen LogP contribution in [-0.4, -0.2) is 36.0 Å². The average molecular weight is 288 g/mol. The lowest BCUT2D eigenvalue weighted by molar-refractivity contribution is 0.1000. The van der Waals surface area contributed by atoms with Crippen LogP contribution in [0.2, 0.25) is 5.02 Å². The van der Waals surface area contributed by atoms with Gasteiger partial charge in [-0.3, -0.25) is 4.79 Å². The largest absolute Gasteiger partial charge is 0.366 e. The van der Waals surface area contributed by atoms with E-state index >= 15 is 0 Å². The first kappa shape index (κ1) is 15.1. The molecule has 1 aromatic rings. The van der Waals surface area contributed by atoms with Crippen molar-refractivity contribution >= 4 is 35.1 Å². The number of rotatable bonds is 6. The normalized spacial score (nSPS) is 12.2. The van der Waals surface area contributed by atoms with Gasteiger partial charge in [-0.15, -0.1) is 0 Å². The summed E-state index contributed by atoms with van der Waals surface area (Å²) in [6.45, 7) is 2.12. The standard InChI is InChI=1S/C12H18ClN3OS/c1-8(4-5-18-3)16(2)12-10(13)6-9(7-15-12)11(14)17/h6-8H,4-5H2,1-3H3,(H2,14,17)/t8-/m0/s1. The number of primary amides is 1. The van der Waals surface area contributed by atoms with Crippen LogP contribution in [0.1, 0.15) is 23.7 Å². The Morgan fingerprint density at radius 3 is 2.83 bits per heavy atom. The number of pyridine rings is 1. The Morgan fingerprint density at radius 1 is 1.67 bits per heavy atom. The number of amides is 1.